The van der Waals surface area contributed by atoms with Gasteiger partial charge < -0.3 is 32.4 Å². The zero-order chi connectivity index (χ0) is 21.1. The average Bonchev–Trinajstić information content (AvgIpc) is 2.76. The molecule has 8 N–H and O–H groups in total. The first kappa shape index (κ1) is 19.0. The fraction of sp³-hybridized carbons (Fsp3) is 0. The van der Waals surface area contributed by atoms with Crippen LogP contribution in [0.2, 0.25) is 0 Å². The summed E-state index contributed by atoms with van der Waals surface area (Å²) in [6.07, 6.45) is 0. The van der Waals surface area contributed by atoms with E-state index < -0.39 is 0 Å². The molecule has 0 aromatic heterocycles. The van der Waals surface area contributed by atoms with Gasteiger partial charge in [0.2, 0.25) is 0 Å². The van der Waals surface area contributed by atoms with Gasteiger partial charge in [-0.15, -0.1) is 0 Å². The van der Waals surface area contributed by atoms with Gasteiger partial charge in [-0.1, -0.05) is 54.6 Å². The van der Waals surface area contributed by atoms with Gasteiger partial charge in [0, 0.05) is 5.56 Å². The zero-order valence-corrected chi connectivity index (χ0v) is 16.2. The van der Waals surface area contributed by atoms with E-state index in [1.807, 2.05) is 54.6 Å². The first-order valence-corrected chi connectivity index (χ1v) is 9.36. The molecule has 0 heterocycles. The molecular weight excluding hydrogens is 376 g/mol. The van der Waals surface area contributed by atoms with E-state index in [0.29, 0.717) is 34.3 Å². The van der Waals surface area contributed by atoms with Crippen LogP contribution in [0.5, 0.6) is 23.0 Å². The van der Waals surface area contributed by atoms with Crippen molar-refractivity contribution in [3.8, 4) is 34.1 Å². The molecule has 0 saturated carbocycles. The van der Waals surface area contributed by atoms with Crippen LogP contribution in [0, 0.1) is 0 Å². The molecule has 150 valence electrons. The Kier molecular flexibility index (Phi) is 5.05. The minimum Gasteiger partial charge on any atom is -0.451 e. The molecule has 4 rings (SSSR count). The zero-order valence-electron chi connectivity index (χ0n) is 16.2. The quantitative estimate of drug-likeness (QED) is 0.340. The summed E-state index contributed by atoms with van der Waals surface area (Å²) in [6.45, 7) is 0. The van der Waals surface area contributed by atoms with Crippen molar-refractivity contribution in [1.82, 2.24) is 0 Å². The number of anilines is 4. The molecule has 0 fully saturated rings. The molecule has 30 heavy (non-hydrogen) atoms. The minimum atomic E-state index is 0.252. The number of para-hydroxylation sites is 4. The largest absolute Gasteiger partial charge is 0.451 e. The fourth-order valence-electron chi connectivity index (χ4n) is 3.08. The fourth-order valence-corrected chi connectivity index (χ4v) is 3.08. The van der Waals surface area contributed by atoms with Gasteiger partial charge >= 0.3 is 0 Å². The van der Waals surface area contributed by atoms with Crippen molar-refractivity contribution >= 4 is 22.7 Å². The number of hydrogen-bond donors (Lipinski definition) is 4. The summed E-state index contributed by atoms with van der Waals surface area (Å²) >= 11 is 0. The van der Waals surface area contributed by atoms with Gasteiger partial charge in [0.05, 0.1) is 17.1 Å². The third-order valence-corrected chi connectivity index (χ3v) is 4.65. The Morgan fingerprint density at radius 1 is 0.500 bits per heavy atom. The summed E-state index contributed by atoms with van der Waals surface area (Å²) in [5, 5.41) is 0. The van der Waals surface area contributed by atoms with E-state index in [9.17, 15) is 0 Å². The Hall–Kier alpha value is -4.32. The highest BCUT2D eigenvalue weighted by molar-refractivity contribution is 5.87. The van der Waals surface area contributed by atoms with Crippen molar-refractivity contribution in [2.75, 3.05) is 22.9 Å². The van der Waals surface area contributed by atoms with E-state index in [1.165, 1.54) is 0 Å². The molecule has 0 spiro atoms. The van der Waals surface area contributed by atoms with Crippen LogP contribution in [0.3, 0.4) is 0 Å². The smallest absolute Gasteiger partial charge is 0.195 e. The van der Waals surface area contributed by atoms with E-state index in [0.717, 1.165) is 11.1 Å². The first-order chi connectivity index (χ1) is 14.5. The molecule has 0 bridgehead atoms. The lowest BCUT2D eigenvalue weighted by Crippen LogP contribution is -2.03. The van der Waals surface area contributed by atoms with Crippen LogP contribution >= 0.6 is 0 Å². The third-order valence-electron chi connectivity index (χ3n) is 4.65. The Labute approximate surface area is 174 Å². The summed E-state index contributed by atoms with van der Waals surface area (Å²) < 4.78 is 12.4. The third kappa shape index (κ3) is 3.66. The molecule has 6 nitrogen and oxygen atoms in total. The van der Waals surface area contributed by atoms with E-state index in [2.05, 4.69) is 0 Å². The Morgan fingerprint density at radius 2 is 1.00 bits per heavy atom. The number of benzene rings is 4. The van der Waals surface area contributed by atoms with Crippen molar-refractivity contribution in [2.45, 2.75) is 0 Å². The maximum atomic E-state index is 6.32. The molecule has 0 aliphatic carbocycles. The summed E-state index contributed by atoms with van der Waals surface area (Å²) in [7, 11) is 0. The highest BCUT2D eigenvalue weighted by atomic mass is 16.5. The van der Waals surface area contributed by atoms with E-state index in [4.69, 9.17) is 32.4 Å². The molecule has 0 radical (unpaired) electrons. The number of nitrogen functional groups attached to an aromatic ring is 4. The molecule has 0 atom stereocenters. The molecule has 0 aliphatic heterocycles. The Balaban J connectivity index is 1.94. The lowest BCUT2D eigenvalue weighted by atomic mass is 10.0. The molecule has 4 aromatic rings. The maximum Gasteiger partial charge on any atom is 0.195 e. The normalized spacial score (nSPS) is 10.5. The predicted octanol–water partition coefficient (Wildman–Crippen LogP) is 5.27. The van der Waals surface area contributed by atoms with Crippen LogP contribution in [-0.2, 0) is 0 Å². The standard InChI is InChI=1S/C24H22N4O2/c25-17-10-4-6-12-20(17)29-23-16(15-8-2-1-3-9-15)14-19(27)22(28)24(23)30-21-13-7-5-11-18(21)26/h1-14H,25-28H2. The van der Waals surface area contributed by atoms with Gasteiger partial charge in [-0.25, -0.2) is 0 Å². The summed E-state index contributed by atoms with van der Waals surface area (Å²) in [5.41, 5.74) is 27.9. The van der Waals surface area contributed by atoms with Gasteiger partial charge in [-0.3, -0.25) is 0 Å². The van der Waals surface area contributed by atoms with Crippen molar-refractivity contribution < 1.29 is 9.47 Å². The number of ether oxygens (including phenoxy) is 2. The highest BCUT2D eigenvalue weighted by Crippen LogP contribution is 2.50. The molecule has 0 amide bonds. The maximum absolute atomic E-state index is 6.32. The van der Waals surface area contributed by atoms with Gasteiger partial charge in [-0.05, 0) is 35.9 Å². The summed E-state index contributed by atoms with van der Waals surface area (Å²) in [4.78, 5) is 0. The second-order valence-electron chi connectivity index (χ2n) is 6.73. The predicted molar refractivity (Wildman–Crippen MR) is 123 cm³/mol. The molecule has 0 unspecified atom stereocenters. The second kappa shape index (κ2) is 7.97. The lowest BCUT2D eigenvalue weighted by molar-refractivity contribution is 0.424. The van der Waals surface area contributed by atoms with Gasteiger partial charge in [-0.2, -0.15) is 0 Å². The highest BCUT2D eigenvalue weighted by Gasteiger charge is 2.22. The lowest BCUT2D eigenvalue weighted by Gasteiger charge is -2.20. The van der Waals surface area contributed by atoms with Crippen LogP contribution < -0.4 is 32.4 Å². The number of hydrogen-bond acceptors (Lipinski definition) is 6. The number of nitrogens with two attached hydrogens (primary N) is 4. The first-order valence-electron chi connectivity index (χ1n) is 9.36. The van der Waals surface area contributed by atoms with Gasteiger partial charge in [0.1, 0.15) is 5.69 Å². The van der Waals surface area contributed by atoms with Crippen molar-refractivity contribution in [3.63, 3.8) is 0 Å². The van der Waals surface area contributed by atoms with E-state index in [1.54, 1.807) is 30.3 Å². The topological polar surface area (TPSA) is 123 Å². The summed E-state index contributed by atoms with van der Waals surface area (Å²) in [6, 6.07) is 25.8. The van der Waals surface area contributed by atoms with Crippen molar-refractivity contribution in [2.24, 2.45) is 0 Å². The van der Waals surface area contributed by atoms with Gasteiger partial charge in [0.25, 0.3) is 0 Å². The monoisotopic (exact) mass is 398 g/mol. The number of rotatable bonds is 5. The van der Waals surface area contributed by atoms with Crippen molar-refractivity contribution in [1.29, 1.82) is 0 Å². The Morgan fingerprint density at radius 3 is 1.57 bits per heavy atom. The van der Waals surface area contributed by atoms with Crippen LogP contribution in [0.4, 0.5) is 22.7 Å². The molecule has 0 saturated heterocycles. The molecule has 0 aliphatic rings. The molecule has 6 heteroatoms. The van der Waals surface area contributed by atoms with Crippen LogP contribution in [0.15, 0.2) is 84.9 Å². The molecular formula is C24H22N4O2. The van der Waals surface area contributed by atoms with Crippen LogP contribution in [0.1, 0.15) is 0 Å². The Bertz CT molecular complexity index is 1190. The average molecular weight is 398 g/mol. The van der Waals surface area contributed by atoms with Crippen LogP contribution in [-0.4, -0.2) is 0 Å². The van der Waals surface area contributed by atoms with E-state index >= 15 is 0 Å². The second-order valence-corrected chi connectivity index (χ2v) is 6.73. The minimum absolute atomic E-state index is 0.252. The van der Waals surface area contributed by atoms with Crippen LogP contribution in [0.25, 0.3) is 11.1 Å². The SMILES string of the molecule is Nc1ccccc1Oc1c(-c2ccccc2)cc(N)c(N)c1Oc1ccccc1N. The van der Waals surface area contributed by atoms with Crippen molar-refractivity contribution in [3.05, 3.63) is 84.9 Å². The van der Waals surface area contributed by atoms with E-state index in [-0.39, 0.29) is 11.4 Å². The van der Waals surface area contributed by atoms with Gasteiger partial charge in [0.15, 0.2) is 23.0 Å². The molecule has 4 aromatic carbocycles. The summed E-state index contributed by atoms with van der Waals surface area (Å²) in [5.74, 6) is 1.59.